The van der Waals surface area contributed by atoms with Crippen molar-refractivity contribution in [3.63, 3.8) is 0 Å². The van der Waals surface area contributed by atoms with E-state index in [2.05, 4.69) is 73.4 Å². The maximum atomic E-state index is 15.9. The molecule has 17 amide bonds. The zero-order chi connectivity index (χ0) is 100. The number of carbonyl (C=O) groups excluding carboxylic acids is 17. The molecular formula is C93H130N22O22. The van der Waals surface area contributed by atoms with E-state index in [1.807, 2.05) is 13.8 Å². The molecule has 44 heteroatoms. The summed E-state index contributed by atoms with van der Waals surface area (Å²) in [6.45, 7) is 7.53. The summed E-state index contributed by atoms with van der Waals surface area (Å²) < 4.78 is 1.41. The monoisotopic (exact) mass is 1910 g/mol. The van der Waals surface area contributed by atoms with Gasteiger partial charge in [-0.05, 0) is 98.2 Å². The third kappa shape index (κ3) is 29.3. The Balaban J connectivity index is 1.11. The molecule has 137 heavy (non-hydrogen) atoms. The first-order valence-corrected chi connectivity index (χ1v) is 46.2. The van der Waals surface area contributed by atoms with E-state index in [0.29, 0.717) is 69.9 Å². The highest BCUT2D eigenvalue weighted by Crippen LogP contribution is 2.29. The van der Waals surface area contributed by atoms with Gasteiger partial charge in [-0.25, -0.2) is 4.98 Å². The second-order valence-electron chi connectivity index (χ2n) is 36.1. The van der Waals surface area contributed by atoms with Crippen molar-refractivity contribution >= 4 is 128 Å². The maximum Gasteiger partial charge on any atom is 0.323 e. The lowest BCUT2D eigenvalue weighted by Crippen LogP contribution is -2.62. The number of aromatic nitrogens is 4. The number of likely N-dealkylation sites (N-methyl/N-ethyl adjacent to an activating group) is 3. The van der Waals surface area contributed by atoms with E-state index in [1.54, 1.807) is 82.4 Å². The van der Waals surface area contributed by atoms with Crippen molar-refractivity contribution in [1.82, 2.24) is 103 Å². The predicted molar refractivity (Wildman–Crippen MR) is 497 cm³/mol. The number of amides is 17. The van der Waals surface area contributed by atoms with Gasteiger partial charge in [0.2, 0.25) is 100 Å². The highest BCUT2D eigenvalue weighted by molar-refractivity contribution is 6.03. The highest BCUT2D eigenvalue weighted by atomic mass is 16.4. The Morgan fingerprint density at radius 2 is 1.11 bits per heavy atom. The fourth-order valence-electron chi connectivity index (χ4n) is 17.3. The number of aromatic amines is 2. The molecule has 0 saturated carbocycles. The van der Waals surface area contributed by atoms with E-state index >= 15 is 38.4 Å². The molecule has 6 heterocycles. The number of nitrogens with one attached hydrogen (secondary N) is 13. The van der Waals surface area contributed by atoms with E-state index in [-0.39, 0.29) is 81.9 Å². The van der Waals surface area contributed by atoms with Crippen molar-refractivity contribution in [2.24, 2.45) is 23.3 Å². The number of fused-ring (bicyclic) bond motifs is 4. The third-order valence-electron chi connectivity index (χ3n) is 24.7. The Bertz CT molecular complexity index is 5310. The number of hydrogen-bond acceptors (Lipinski definition) is 23. The number of phenolic OH excluding ortho intramolecular Hbond substituents is 1. The number of H-pyrrole nitrogens is 2. The molecule has 3 fully saturated rings. The molecule has 744 valence electrons. The van der Waals surface area contributed by atoms with Gasteiger partial charge in [0.15, 0.2) is 0 Å². The van der Waals surface area contributed by atoms with Gasteiger partial charge in [-0.15, -0.1) is 0 Å². The molecule has 3 aliphatic heterocycles. The standard InChI is InChI=1S/C93H130N22O22/c1-11-13-23-72-86(130)102-62(32-50(3)4)82(126)108-69(81(125)99-43-77(95)120)42-96-44-78(121)101-66(34-53-27-29-57(117)30-28-53)89(133)110(8)52(7)80(124)105-68(39-76(94)119)91(135)114-31-19-26-73(114)87(131)104-64(37-56-41-97-49-100-56)84(128)106-65(33-51(5)6)92(136)115-46-58(118)38-75(115)88(132)103-63(35-54-40-98-61-22-17-15-20-59(54)61)83(127)109-70(48-116)85(129)107-67(90(134)112(10)74(24-14-12-2)93(137)111(72)9)36-55-45-113(47-79(122)123)71-25-18-16-21-60(55)71/h15-18,20-22,25,27-30,40-41,45,49-52,58,62-70,72-75,96,98,116-118H,11-14,19,23-24,26,31-39,42-44,46-48H2,1-10H3,(H2,94,119)(H2,95,120)(H,97,100)(H,99,125)(H,101,121)(H,102,130)(H,103,132)(H,104,131)(H,105,124)(H,106,128)(H,107,129)(H,108,126)(H,109,127)(H,122,123)/t52-,58+,62-,63-,64-,65-,66-,67-,68-,69-,70-,72-,73-,74-,75-/m0/s1. The van der Waals surface area contributed by atoms with Gasteiger partial charge in [0.25, 0.3) is 0 Å². The smallest absolute Gasteiger partial charge is 0.323 e. The lowest BCUT2D eigenvalue weighted by molar-refractivity contribution is -0.149. The van der Waals surface area contributed by atoms with Crippen LogP contribution in [0.4, 0.5) is 0 Å². The summed E-state index contributed by atoms with van der Waals surface area (Å²) in [4.78, 5) is 279. The quantitative estimate of drug-likeness (QED) is 0.0262. The van der Waals surface area contributed by atoms with Crippen LogP contribution in [0.5, 0.6) is 5.75 Å². The Morgan fingerprint density at radius 3 is 1.74 bits per heavy atom. The average Bonchev–Trinajstić information content (AvgIpc) is 1.64. The van der Waals surface area contributed by atoms with Gasteiger partial charge in [-0.1, -0.05) is 116 Å². The molecule has 0 unspecified atom stereocenters. The van der Waals surface area contributed by atoms with Crippen LogP contribution in [0.25, 0.3) is 21.8 Å². The molecule has 3 aromatic carbocycles. The SMILES string of the molecule is CCCC[C@H]1C(=O)N(C)[C@@H](CCCC)C(=O)N[C@@H](CC(C)C)C(=O)N[C@H](C(=O)NCC(N)=O)CNCC(=O)N[C@@H](Cc2ccc(O)cc2)C(=O)N(C)[C@@H](C)C(=O)N[C@@H](CC(N)=O)C(=O)N2CCC[C@H]2C(=O)N[C@@H](Cc2cnc[nH]2)C(=O)N[C@@H](CC(C)C)C(=O)N2C[C@H](O)C[C@H]2C(=O)N[C@@H](Cc2c[nH]c3ccccc23)C(=O)N[C@@H](CO)C(=O)N[C@@H](Cc2cn(CC(=O)O)c3ccccc23)C(=O)N1C. The minimum Gasteiger partial charge on any atom is -0.508 e. The minimum atomic E-state index is -1.96. The van der Waals surface area contributed by atoms with Crippen LogP contribution < -0.4 is 70.0 Å². The Morgan fingerprint density at radius 1 is 0.555 bits per heavy atom. The number of primary amides is 2. The molecule has 6 aromatic rings. The Kier molecular flexibility index (Phi) is 39.0. The lowest BCUT2D eigenvalue weighted by Gasteiger charge is -2.36. The number of nitrogens with zero attached hydrogens (tertiary/aromatic N) is 7. The van der Waals surface area contributed by atoms with E-state index < -0.39 is 256 Å². The van der Waals surface area contributed by atoms with E-state index in [4.69, 9.17) is 11.5 Å². The van der Waals surface area contributed by atoms with Crippen molar-refractivity contribution in [1.29, 1.82) is 0 Å². The summed E-state index contributed by atoms with van der Waals surface area (Å²) in [6, 6.07) is -3.15. The van der Waals surface area contributed by atoms with Crippen LogP contribution in [-0.2, 0) is 119 Å². The van der Waals surface area contributed by atoms with Crippen LogP contribution in [0.1, 0.15) is 148 Å². The van der Waals surface area contributed by atoms with E-state index in [9.17, 15) is 68.4 Å². The second-order valence-corrected chi connectivity index (χ2v) is 36.1. The number of nitrogens with two attached hydrogens (primary N) is 2. The van der Waals surface area contributed by atoms with Gasteiger partial charge in [-0.3, -0.25) is 86.3 Å². The molecule has 3 saturated heterocycles. The third-order valence-corrected chi connectivity index (χ3v) is 24.7. The summed E-state index contributed by atoms with van der Waals surface area (Å²) in [7, 11) is 3.85. The van der Waals surface area contributed by atoms with E-state index in [0.717, 1.165) is 24.5 Å². The summed E-state index contributed by atoms with van der Waals surface area (Å²) in [5.74, 6) is -18.6. The summed E-state index contributed by atoms with van der Waals surface area (Å²) in [6.07, 6.45) is 3.17. The number of unbranched alkanes of at least 4 members (excludes halogenated alkanes) is 2. The molecule has 0 spiro atoms. The number of aliphatic carboxylic acids is 1. The number of carboxylic acid groups (broad SMARTS) is 1. The van der Waals surface area contributed by atoms with Gasteiger partial charge < -0.3 is 129 Å². The first kappa shape index (κ1) is 107. The van der Waals surface area contributed by atoms with E-state index in [1.165, 1.54) is 75.6 Å². The molecule has 0 bridgehead atoms. The number of rotatable bonds is 26. The molecular weight excluding hydrogens is 1780 g/mol. The van der Waals surface area contributed by atoms with Gasteiger partial charge in [0.05, 0.1) is 38.5 Å². The van der Waals surface area contributed by atoms with Crippen LogP contribution in [0.15, 0.2) is 97.7 Å². The van der Waals surface area contributed by atoms with Crippen molar-refractivity contribution in [3.8, 4) is 5.75 Å². The van der Waals surface area contributed by atoms with Crippen LogP contribution in [0, 0.1) is 11.8 Å². The fraction of sp³-hybridized carbons (Fsp3) is 0.538. The maximum absolute atomic E-state index is 15.9. The number of aliphatic hydroxyl groups excluding tert-OH is 2. The average molecular weight is 1910 g/mol. The fourth-order valence-corrected chi connectivity index (χ4v) is 17.3. The molecule has 15 atom stereocenters. The van der Waals surface area contributed by atoms with Crippen LogP contribution >= 0.6 is 0 Å². The van der Waals surface area contributed by atoms with Crippen LogP contribution in [0.2, 0.25) is 0 Å². The number of imidazole rings is 1. The zero-order valence-electron chi connectivity index (χ0n) is 78.7. The topological polar surface area (TPSA) is 638 Å². The van der Waals surface area contributed by atoms with Gasteiger partial charge in [0.1, 0.15) is 96.9 Å². The molecule has 0 radical (unpaired) electrons. The molecule has 3 aromatic heterocycles. The minimum absolute atomic E-state index is 0.0193. The lowest BCUT2D eigenvalue weighted by atomic mass is 9.99. The van der Waals surface area contributed by atoms with Crippen molar-refractivity contribution in [2.45, 2.75) is 248 Å². The molecule has 44 nitrogen and oxygen atoms in total. The molecule has 0 aliphatic carbocycles. The summed E-state index contributed by atoms with van der Waals surface area (Å²) >= 11 is 0. The van der Waals surface area contributed by atoms with Crippen molar-refractivity contribution in [3.05, 3.63) is 120 Å². The largest absolute Gasteiger partial charge is 0.508 e. The molecule has 9 rings (SSSR count). The number of aliphatic hydroxyl groups is 2. The van der Waals surface area contributed by atoms with Gasteiger partial charge in [0, 0.05) is 119 Å². The number of para-hydroxylation sites is 2. The van der Waals surface area contributed by atoms with Crippen molar-refractivity contribution in [2.75, 3.05) is 60.5 Å². The molecule has 3 aliphatic rings. The second kappa shape index (κ2) is 50.1. The highest BCUT2D eigenvalue weighted by Gasteiger charge is 2.47. The summed E-state index contributed by atoms with van der Waals surface area (Å²) in [5.41, 5.74) is 13.6. The van der Waals surface area contributed by atoms with Crippen molar-refractivity contribution < 1.29 is 107 Å². The first-order chi connectivity index (χ1) is 65.1. The number of benzene rings is 3. The zero-order valence-corrected chi connectivity index (χ0v) is 78.7. The normalized spacial score (nSPS) is 24.7. The number of carbonyl (C=O) groups is 18. The Labute approximate surface area is 791 Å². The van der Waals surface area contributed by atoms with Crippen LogP contribution in [0.3, 0.4) is 0 Å². The molecule has 21 N–H and O–H groups in total. The van der Waals surface area contributed by atoms with Crippen LogP contribution in [-0.4, -0.2) is 322 Å². The number of aromatic hydroxyl groups is 1. The number of phenols is 1. The Hall–Kier alpha value is -13.9. The van der Waals surface area contributed by atoms with Gasteiger partial charge >= 0.3 is 5.97 Å². The van der Waals surface area contributed by atoms with Gasteiger partial charge in [-0.2, -0.15) is 0 Å². The summed E-state index contributed by atoms with van der Waals surface area (Å²) in [5, 5.41) is 73.3. The number of hydrogen-bond donors (Lipinski definition) is 19. The number of carboxylic acids is 1. The predicted octanol–water partition coefficient (Wildman–Crippen LogP) is -2.73. The first-order valence-electron chi connectivity index (χ1n) is 46.2.